The fourth-order valence-corrected chi connectivity index (χ4v) is 2.64. The van der Waals surface area contributed by atoms with Gasteiger partial charge in [0.2, 0.25) is 0 Å². The van der Waals surface area contributed by atoms with Gasteiger partial charge in [0.15, 0.2) is 11.2 Å². The highest BCUT2D eigenvalue weighted by molar-refractivity contribution is 7.80. The van der Waals surface area contributed by atoms with E-state index in [0.29, 0.717) is 11.3 Å². The van der Waals surface area contributed by atoms with Crippen LogP contribution in [0.5, 0.6) is 5.75 Å². The van der Waals surface area contributed by atoms with Gasteiger partial charge in [-0.1, -0.05) is 30.3 Å². The second-order valence-corrected chi connectivity index (χ2v) is 6.04. The Balaban J connectivity index is 2.14. The number of benzene rings is 2. The number of ether oxygens (including phenoxy) is 2. The molecule has 0 saturated carbocycles. The van der Waals surface area contributed by atoms with Gasteiger partial charge in [-0.05, 0) is 48.5 Å². The molecule has 2 unspecified atom stereocenters. The molecule has 7 heteroatoms. The van der Waals surface area contributed by atoms with Crippen molar-refractivity contribution in [2.45, 2.75) is 19.1 Å². The molecule has 0 fully saturated rings. The zero-order chi connectivity index (χ0) is 19.1. The summed E-state index contributed by atoms with van der Waals surface area (Å²) in [6, 6.07) is 13.3. The van der Waals surface area contributed by atoms with Gasteiger partial charge in [-0.15, -0.1) is 0 Å². The number of nitrogens with one attached hydrogen (secondary N) is 2. The van der Waals surface area contributed by atoms with E-state index in [-0.39, 0.29) is 5.11 Å². The van der Waals surface area contributed by atoms with Crippen LogP contribution in [-0.4, -0.2) is 36.4 Å². The van der Waals surface area contributed by atoms with Gasteiger partial charge in [-0.25, -0.2) is 4.79 Å². The average molecular weight is 374 g/mol. The van der Waals surface area contributed by atoms with E-state index in [2.05, 4.69) is 10.6 Å². The topological polar surface area (TPSA) is 79.8 Å². The molecule has 3 N–H and O–H groups in total. The van der Waals surface area contributed by atoms with Crippen LogP contribution < -0.4 is 15.4 Å². The fourth-order valence-electron chi connectivity index (χ4n) is 2.40. The second kappa shape index (κ2) is 9.17. The third-order valence-corrected chi connectivity index (χ3v) is 4.13. The quantitative estimate of drug-likeness (QED) is 0.530. The van der Waals surface area contributed by atoms with Crippen LogP contribution in [0.2, 0.25) is 0 Å². The van der Waals surface area contributed by atoms with Gasteiger partial charge in [0, 0.05) is 5.69 Å². The number of carbonyl (C=O) groups excluding carboxylic acids is 1. The van der Waals surface area contributed by atoms with Crippen LogP contribution in [0.25, 0.3) is 0 Å². The summed E-state index contributed by atoms with van der Waals surface area (Å²) >= 11 is 5.29. The van der Waals surface area contributed by atoms with Gasteiger partial charge in [0.05, 0.1) is 14.2 Å². The van der Waals surface area contributed by atoms with E-state index in [9.17, 15) is 9.90 Å². The lowest BCUT2D eigenvalue weighted by Gasteiger charge is -2.24. The molecule has 0 aliphatic rings. The molecule has 0 aliphatic carbocycles. The number of carbonyl (C=O) groups is 1. The first kappa shape index (κ1) is 19.7. The van der Waals surface area contributed by atoms with Crippen LogP contribution in [-0.2, 0) is 9.53 Å². The van der Waals surface area contributed by atoms with E-state index in [4.69, 9.17) is 21.7 Å². The molecule has 26 heavy (non-hydrogen) atoms. The van der Waals surface area contributed by atoms with Crippen LogP contribution in [0.15, 0.2) is 48.5 Å². The molecule has 0 amide bonds. The van der Waals surface area contributed by atoms with Crippen molar-refractivity contribution in [3.05, 3.63) is 59.7 Å². The maximum atomic E-state index is 12.1. The highest BCUT2D eigenvalue weighted by Crippen LogP contribution is 2.21. The van der Waals surface area contributed by atoms with E-state index < -0.39 is 18.1 Å². The summed E-state index contributed by atoms with van der Waals surface area (Å²) in [5.41, 5.74) is 2.35. The SMILES string of the molecule is COC(=O)C(NC(=S)Nc1ccccc1C)C(O)c1ccc(OC)cc1. The molecule has 2 aromatic carbocycles. The minimum Gasteiger partial charge on any atom is -0.497 e. The largest absolute Gasteiger partial charge is 0.497 e. The number of para-hydroxylation sites is 1. The number of methoxy groups -OCH3 is 2. The summed E-state index contributed by atoms with van der Waals surface area (Å²) < 4.78 is 9.90. The van der Waals surface area contributed by atoms with Crippen molar-refractivity contribution in [1.82, 2.24) is 5.32 Å². The Bertz CT molecular complexity index is 764. The normalized spacial score (nSPS) is 12.6. The predicted octanol–water partition coefficient (Wildman–Crippen LogP) is 2.57. The number of esters is 1. The van der Waals surface area contributed by atoms with E-state index in [0.717, 1.165) is 11.3 Å². The second-order valence-electron chi connectivity index (χ2n) is 5.63. The third-order valence-electron chi connectivity index (χ3n) is 3.91. The maximum absolute atomic E-state index is 12.1. The highest BCUT2D eigenvalue weighted by atomic mass is 32.1. The summed E-state index contributed by atoms with van der Waals surface area (Å²) in [5, 5.41) is 16.7. The molecule has 0 saturated heterocycles. The number of aliphatic hydroxyl groups excluding tert-OH is 1. The Hall–Kier alpha value is -2.64. The smallest absolute Gasteiger partial charge is 0.331 e. The van der Waals surface area contributed by atoms with Crippen molar-refractivity contribution >= 4 is 29.0 Å². The molecule has 0 heterocycles. The van der Waals surface area contributed by atoms with Crippen LogP contribution in [0.3, 0.4) is 0 Å². The molecule has 2 atom stereocenters. The fraction of sp³-hybridized carbons (Fsp3) is 0.263. The van der Waals surface area contributed by atoms with Crippen molar-refractivity contribution < 1.29 is 19.4 Å². The first-order valence-corrected chi connectivity index (χ1v) is 8.40. The summed E-state index contributed by atoms with van der Waals surface area (Å²) in [4.78, 5) is 12.1. The van der Waals surface area contributed by atoms with Crippen LogP contribution in [0.4, 0.5) is 5.69 Å². The van der Waals surface area contributed by atoms with E-state index >= 15 is 0 Å². The Kier molecular flexibility index (Phi) is 6.94. The molecule has 0 aromatic heterocycles. The molecule has 138 valence electrons. The van der Waals surface area contributed by atoms with Gasteiger partial charge < -0.3 is 25.2 Å². The minimum absolute atomic E-state index is 0.210. The standard InChI is InChI=1S/C19H22N2O4S/c1-12-6-4-5-7-15(12)20-19(26)21-16(18(23)25-3)17(22)13-8-10-14(24-2)11-9-13/h4-11,16-17,22H,1-3H3,(H2,20,21,26). The van der Waals surface area contributed by atoms with Crippen molar-refractivity contribution in [3.8, 4) is 5.75 Å². The Morgan fingerprint density at radius 2 is 1.77 bits per heavy atom. The highest BCUT2D eigenvalue weighted by Gasteiger charge is 2.30. The van der Waals surface area contributed by atoms with Crippen LogP contribution in [0, 0.1) is 6.92 Å². The molecule has 2 rings (SSSR count). The van der Waals surface area contributed by atoms with Gasteiger partial charge in [-0.3, -0.25) is 0 Å². The molecule has 0 bridgehead atoms. The molecular formula is C19H22N2O4S. The number of rotatable bonds is 6. The lowest BCUT2D eigenvalue weighted by atomic mass is 10.0. The van der Waals surface area contributed by atoms with Crippen molar-refractivity contribution in [2.24, 2.45) is 0 Å². The predicted molar refractivity (Wildman–Crippen MR) is 104 cm³/mol. The van der Waals surface area contributed by atoms with Gasteiger partial charge in [0.25, 0.3) is 0 Å². The monoisotopic (exact) mass is 374 g/mol. The lowest BCUT2D eigenvalue weighted by Crippen LogP contribution is -2.47. The summed E-state index contributed by atoms with van der Waals surface area (Å²) in [5.74, 6) is 0.0301. The Morgan fingerprint density at radius 3 is 2.35 bits per heavy atom. The molecule has 0 aliphatic heterocycles. The van der Waals surface area contributed by atoms with Gasteiger partial charge in [-0.2, -0.15) is 0 Å². The van der Waals surface area contributed by atoms with Gasteiger partial charge >= 0.3 is 5.97 Å². The van der Waals surface area contributed by atoms with E-state index in [1.54, 1.807) is 31.4 Å². The van der Waals surface area contributed by atoms with Crippen molar-refractivity contribution in [2.75, 3.05) is 19.5 Å². The lowest BCUT2D eigenvalue weighted by molar-refractivity contribution is -0.145. The zero-order valence-corrected chi connectivity index (χ0v) is 15.7. The number of anilines is 1. The van der Waals surface area contributed by atoms with Crippen molar-refractivity contribution in [1.29, 1.82) is 0 Å². The third kappa shape index (κ3) is 4.93. The summed E-state index contributed by atoms with van der Waals surface area (Å²) in [6.45, 7) is 1.94. The van der Waals surface area contributed by atoms with Crippen LogP contribution >= 0.6 is 12.2 Å². The molecule has 6 nitrogen and oxygen atoms in total. The summed E-state index contributed by atoms with van der Waals surface area (Å²) in [7, 11) is 2.81. The molecule has 0 radical (unpaired) electrons. The summed E-state index contributed by atoms with van der Waals surface area (Å²) in [6.07, 6.45) is -1.15. The number of thiocarbonyl (C=S) groups is 1. The zero-order valence-electron chi connectivity index (χ0n) is 14.9. The molecule has 2 aromatic rings. The van der Waals surface area contributed by atoms with Gasteiger partial charge in [0.1, 0.15) is 11.9 Å². The number of aliphatic hydroxyl groups is 1. The Morgan fingerprint density at radius 1 is 1.12 bits per heavy atom. The first-order valence-electron chi connectivity index (χ1n) is 7.99. The number of hydrogen-bond acceptors (Lipinski definition) is 5. The molecular weight excluding hydrogens is 352 g/mol. The molecule has 0 spiro atoms. The maximum Gasteiger partial charge on any atom is 0.331 e. The van der Waals surface area contributed by atoms with E-state index in [1.165, 1.54) is 7.11 Å². The number of hydrogen-bond donors (Lipinski definition) is 3. The first-order chi connectivity index (χ1) is 12.5. The minimum atomic E-state index is -1.15. The van der Waals surface area contributed by atoms with Crippen LogP contribution in [0.1, 0.15) is 17.2 Å². The Labute approximate surface area is 158 Å². The van der Waals surface area contributed by atoms with Crippen molar-refractivity contribution in [3.63, 3.8) is 0 Å². The average Bonchev–Trinajstić information content (AvgIpc) is 2.67. The number of aryl methyl sites for hydroxylation is 1. The van der Waals surface area contributed by atoms with E-state index in [1.807, 2.05) is 31.2 Å².